The molecule has 1 atom stereocenters. The van der Waals surface area contributed by atoms with Crippen LogP contribution >= 0.6 is 17.2 Å². The van der Waals surface area contributed by atoms with Crippen molar-refractivity contribution in [3.8, 4) is 0 Å². The van der Waals surface area contributed by atoms with Gasteiger partial charge < -0.3 is 0 Å². The van der Waals surface area contributed by atoms with Gasteiger partial charge in [0.1, 0.15) is 0 Å². The van der Waals surface area contributed by atoms with Crippen molar-refractivity contribution < 1.29 is 17.1 Å². The number of nitrogens with zero attached hydrogens (tertiary/aromatic N) is 2. The van der Waals surface area contributed by atoms with Gasteiger partial charge in [0, 0.05) is 29.9 Å². The van der Waals surface area contributed by atoms with Gasteiger partial charge in [-0.3, -0.25) is 9.97 Å². The summed E-state index contributed by atoms with van der Waals surface area (Å²) in [5, 5.41) is 1.69. The largest absolute Gasteiger partial charge is 2.00 e. The maximum absolute atomic E-state index is 4.51. The molecule has 2 heterocycles. The molecule has 0 bridgehead atoms. The summed E-state index contributed by atoms with van der Waals surface area (Å²) in [6, 6.07) is 23.5. The Balaban J connectivity index is 0.000000797. The Morgan fingerprint density at radius 1 is 0.821 bits per heavy atom. The molecule has 0 fully saturated rings. The van der Waals surface area contributed by atoms with Crippen LogP contribution in [-0.2, 0) is 28.4 Å². The molecule has 2 aromatic heterocycles. The molecule has 6 heteroatoms. The Morgan fingerprint density at radius 3 is 1.64 bits per heavy atom. The van der Waals surface area contributed by atoms with Crippen LogP contribution in [0.25, 0.3) is 0 Å². The van der Waals surface area contributed by atoms with E-state index in [0.717, 1.165) is 6.16 Å². The first kappa shape index (κ1) is 33.8. The van der Waals surface area contributed by atoms with E-state index in [0.29, 0.717) is 0 Å². The summed E-state index contributed by atoms with van der Waals surface area (Å²) in [6.45, 7) is 21.9. The number of pyridine rings is 2. The molecule has 0 N–H and O–H groups in total. The first-order valence-electron chi connectivity index (χ1n) is 13.5. The van der Waals surface area contributed by atoms with Crippen molar-refractivity contribution in [2.75, 3.05) is 0 Å². The van der Waals surface area contributed by atoms with Crippen LogP contribution in [0.3, 0.4) is 0 Å². The second-order valence-electron chi connectivity index (χ2n) is 13.1. The number of hydrogen-bond acceptors (Lipinski definition) is 2. The topological polar surface area (TPSA) is 25.8 Å². The summed E-state index contributed by atoms with van der Waals surface area (Å²) in [5.41, 5.74) is 5.26. The van der Waals surface area contributed by atoms with Crippen LogP contribution in [0.2, 0.25) is 19.6 Å². The molecule has 0 spiro atoms. The van der Waals surface area contributed by atoms with Gasteiger partial charge in [0.2, 0.25) is 0 Å². The molecule has 39 heavy (non-hydrogen) atoms. The molecule has 1 unspecified atom stereocenters. The van der Waals surface area contributed by atoms with Crippen LogP contribution in [-0.4, -0.2) is 28.4 Å². The third kappa shape index (κ3) is 8.55. The van der Waals surface area contributed by atoms with Gasteiger partial charge in [-0.2, -0.15) is 35.0 Å². The number of aromatic nitrogens is 2. The SMILES string of the molecule is CC(C)(C)P(Cc1cc([Si](C)(C)C)[cH-]c1C(P)(c1cccnc1)c1cccnc1)C(C)(C)C.[Fe+2].c1cc[cH-]c1. The van der Waals surface area contributed by atoms with Crippen molar-refractivity contribution in [3.63, 3.8) is 0 Å². The van der Waals surface area contributed by atoms with Gasteiger partial charge in [0.05, 0.1) is 8.07 Å². The second kappa shape index (κ2) is 13.5. The summed E-state index contributed by atoms with van der Waals surface area (Å²) < 4.78 is 0. The predicted octanol–water partition coefficient (Wildman–Crippen LogP) is 8.89. The zero-order valence-corrected chi connectivity index (χ0v) is 29.3. The van der Waals surface area contributed by atoms with Gasteiger partial charge in [-0.05, 0) is 33.6 Å². The fourth-order valence-corrected chi connectivity index (χ4v) is 10.5. The zero-order chi connectivity index (χ0) is 28.2. The fourth-order valence-electron chi connectivity index (χ4n) is 5.13. The third-order valence-electron chi connectivity index (χ3n) is 7.00. The molecule has 2 nitrogen and oxygen atoms in total. The summed E-state index contributed by atoms with van der Waals surface area (Å²) in [4.78, 5) is 9.01. The molecular formula is C33H46FeN2P2Si. The standard InChI is InChI=1S/C28H41N2P2Si.C5H5.Fe/c1-26(2,3)32(27(4,5)6)20-21-16-24(33(7,8)9)17-25(21)28(31,22-12-10-14-29-18-22)23-13-11-15-30-19-23;1-2-4-5-3-1;/h10-19H,20,31H2,1-9H3;1-5H;/q2*-1;+2. The van der Waals surface area contributed by atoms with E-state index in [4.69, 9.17) is 0 Å². The normalized spacial score (nSPS) is 12.5. The van der Waals surface area contributed by atoms with E-state index >= 15 is 0 Å². The Morgan fingerprint density at radius 2 is 1.31 bits per heavy atom. The summed E-state index contributed by atoms with van der Waals surface area (Å²) >= 11 is 0. The molecule has 2 aromatic carbocycles. The maximum Gasteiger partial charge on any atom is 2.00 e. The Labute approximate surface area is 253 Å². The smallest absolute Gasteiger partial charge is 0.264 e. The van der Waals surface area contributed by atoms with E-state index < -0.39 is 8.07 Å². The van der Waals surface area contributed by atoms with E-state index in [1.165, 1.54) is 27.4 Å². The minimum atomic E-state index is -1.50. The van der Waals surface area contributed by atoms with Crippen molar-refractivity contribution in [2.45, 2.75) is 82.8 Å². The van der Waals surface area contributed by atoms with Crippen molar-refractivity contribution in [1.29, 1.82) is 0 Å². The van der Waals surface area contributed by atoms with Crippen molar-refractivity contribution in [3.05, 3.63) is 114 Å². The van der Waals surface area contributed by atoms with Gasteiger partial charge in [0.15, 0.2) is 0 Å². The molecule has 0 aliphatic heterocycles. The minimum Gasteiger partial charge on any atom is -0.264 e. The average Bonchev–Trinajstić information content (AvgIpc) is 3.55. The molecule has 0 saturated heterocycles. The second-order valence-corrected chi connectivity index (χ2v) is 22.9. The van der Waals surface area contributed by atoms with Crippen LogP contribution in [0.4, 0.5) is 0 Å². The van der Waals surface area contributed by atoms with Gasteiger partial charge in [-0.25, -0.2) is 18.2 Å². The van der Waals surface area contributed by atoms with E-state index in [1.54, 1.807) is 0 Å². The van der Waals surface area contributed by atoms with Gasteiger partial charge in [-0.1, -0.05) is 79.5 Å². The molecule has 0 aliphatic carbocycles. The zero-order valence-electron chi connectivity index (χ0n) is 25.1. The van der Waals surface area contributed by atoms with E-state index in [-0.39, 0.29) is 40.5 Å². The first-order chi connectivity index (χ1) is 17.6. The van der Waals surface area contributed by atoms with E-state index in [2.05, 4.69) is 105 Å². The Hall–Kier alpha value is -1.40. The number of rotatable bonds is 6. The van der Waals surface area contributed by atoms with E-state index in [1.807, 2.05) is 67.3 Å². The fraction of sp³-hybridized carbons (Fsp3) is 0.394. The molecular weight excluding hydrogens is 570 g/mol. The molecule has 210 valence electrons. The average molecular weight is 617 g/mol. The third-order valence-corrected chi connectivity index (χ3v) is 13.9. The summed E-state index contributed by atoms with van der Waals surface area (Å²) in [6.07, 6.45) is 8.87. The number of hydrogen-bond donors (Lipinski definition) is 0. The Bertz CT molecular complexity index is 1180. The van der Waals surface area contributed by atoms with Crippen LogP contribution in [0.1, 0.15) is 63.8 Å². The minimum absolute atomic E-state index is 0. The molecule has 4 rings (SSSR count). The van der Waals surface area contributed by atoms with Crippen LogP contribution in [0.15, 0.2) is 91.5 Å². The first-order valence-corrected chi connectivity index (χ1v) is 19.1. The van der Waals surface area contributed by atoms with Crippen LogP contribution in [0.5, 0.6) is 0 Å². The molecule has 0 radical (unpaired) electrons. The molecule has 0 aliphatic rings. The monoisotopic (exact) mass is 616 g/mol. The maximum atomic E-state index is 4.51. The van der Waals surface area contributed by atoms with Crippen molar-refractivity contribution >= 4 is 30.4 Å². The van der Waals surface area contributed by atoms with Gasteiger partial charge in [0.25, 0.3) is 0 Å². The van der Waals surface area contributed by atoms with Gasteiger partial charge >= 0.3 is 17.1 Å². The summed E-state index contributed by atoms with van der Waals surface area (Å²) in [5.74, 6) is 0. The van der Waals surface area contributed by atoms with Crippen molar-refractivity contribution in [2.24, 2.45) is 0 Å². The summed E-state index contributed by atoms with van der Waals surface area (Å²) in [7, 11) is 1.45. The molecule has 4 aromatic rings. The van der Waals surface area contributed by atoms with Crippen molar-refractivity contribution in [1.82, 2.24) is 9.97 Å². The molecule has 0 amide bonds. The van der Waals surface area contributed by atoms with E-state index in [9.17, 15) is 0 Å². The van der Waals surface area contributed by atoms with Crippen LogP contribution < -0.4 is 5.19 Å². The molecule has 0 saturated carbocycles. The van der Waals surface area contributed by atoms with Gasteiger partial charge in [-0.15, -0.1) is 22.7 Å². The quantitative estimate of drug-likeness (QED) is 0.123. The predicted molar refractivity (Wildman–Crippen MR) is 175 cm³/mol. The van der Waals surface area contributed by atoms with Crippen LogP contribution in [0, 0.1) is 0 Å². The Kier molecular flexibility index (Phi) is 11.7.